The van der Waals surface area contributed by atoms with Gasteiger partial charge in [-0.05, 0) is 67.2 Å². The van der Waals surface area contributed by atoms with Crippen molar-refractivity contribution >= 4 is 22.9 Å². The topological polar surface area (TPSA) is 85.7 Å². The van der Waals surface area contributed by atoms with Crippen LogP contribution in [0.2, 0.25) is 0 Å². The lowest BCUT2D eigenvalue weighted by Crippen LogP contribution is -2.28. The van der Waals surface area contributed by atoms with Gasteiger partial charge in [0.15, 0.2) is 5.82 Å². The van der Waals surface area contributed by atoms with Gasteiger partial charge in [0.2, 0.25) is 0 Å². The zero-order valence-electron chi connectivity index (χ0n) is 18.6. The van der Waals surface area contributed by atoms with Crippen molar-refractivity contribution in [3.63, 3.8) is 0 Å². The number of benzene rings is 2. The van der Waals surface area contributed by atoms with E-state index < -0.39 is 0 Å². The zero-order valence-corrected chi connectivity index (χ0v) is 18.6. The summed E-state index contributed by atoms with van der Waals surface area (Å²) in [7, 11) is 0. The second-order valence-corrected chi connectivity index (χ2v) is 8.18. The van der Waals surface area contributed by atoms with Gasteiger partial charge in [-0.15, -0.1) is 0 Å². The van der Waals surface area contributed by atoms with Crippen LogP contribution in [0.4, 0.5) is 11.4 Å². The smallest absolute Gasteiger partial charge is 0.298 e. The molecule has 0 bridgehead atoms. The summed E-state index contributed by atoms with van der Waals surface area (Å²) in [5, 5.41) is 9.20. The highest BCUT2D eigenvalue weighted by atomic mass is 16.2. The van der Waals surface area contributed by atoms with E-state index in [-0.39, 0.29) is 17.4 Å². The summed E-state index contributed by atoms with van der Waals surface area (Å²) in [6.45, 7) is 0. The van der Waals surface area contributed by atoms with Crippen molar-refractivity contribution in [2.24, 2.45) is 0 Å². The van der Waals surface area contributed by atoms with Gasteiger partial charge >= 0.3 is 0 Å². The van der Waals surface area contributed by atoms with E-state index in [9.17, 15) is 10.1 Å². The quantitative estimate of drug-likeness (QED) is 0.392. The summed E-state index contributed by atoms with van der Waals surface area (Å²) >= 11 is 0. The van der Waals surface area contributed by atoms with Crippen LogP contribution >= 0.6 is 0 Å². The third kappa shape index (κ3) is 4.24. The lowest BCUT2D eigenvalue weighted by Gasteiger charge is -2.27. The number of H-pyrrole nitrogens is 1. The number of hydrogen-bond donors (Lipinski definition) is 1. The van der Waals surface area contributed by atoms with Crippen LogP contribution in [-0.4, -0.2) is 20.9 Å². The highest BCUT2D eigenvalue weighted by Gasteiger charge is 2.26. The monoisotopic (exact) mass is 445 g/mol. The molecule has 2 aromatic heterocycles. The molecular weight excluding hydrogens is 422 g/mol. The predicted molar refractivity (Wildman–Crippen MR) is 132 cm³/mol. The molecule has 0 saturated heterocycles. The van der Waals surface area contributed by atoms with Gasteiger partial charge in [-0.25, -0.2) is 4.98 Å². The number of carbonyl (C=O) groups excluding carboxylic acids is 1. The maximum Gasteiger partial charge on any atom is 0.298 e. The molecule has 0 atom stereocenters. The van der Waals surface area contributed by atoms with Crippen LogP contribution in [-0.2, 0) is 0 Å². The van der Waals surface area contributed by atoms with Crippen LogP contribution in [0.3, 0.4) is 0 Å². The zero-order chi connectivity index (χ0) is 23.3. The molecule has 1 amide bonds. The second kappa shape index (κ2) is 9.55. The largest absolute Gasteiger partial charge is 0.326 e. The van der Waals surface area contributed by atoms with E-state index in [1.807, 2.05) is 66.9 Å². The van der Waals surface area contributed by atoms with Gasteiger partial charge < -0.3 is 4.98 Å². The van der Waals surface area contributed by atoms with Gasteiger partial charge in [-0.3, -0.25) is 14.7 Å². The van der Waals surface area contributed by atoms with E-state index in [1.165, 1.54) is 18.2 Å². The molecule has 0 saturated carbocycles. The summed E-state index contributed by atoms with van der Waals surface area (Å²) in [5.74, 6) is -0.195. The first kappa shape index (κ1) is 21.4. The number of allylic oxidation sites excluding steroid dienone is 2. The Morgan fingerprint density at radius 1 is 1.00 bits per heavy atom. The predicted octanol–water partition coefficient (Wildman–Crippen LogP) is 6.28. The van der Waals surface area contributed by atoms with E-state index >= 15 is 0 Å². The molecule has 1 N–H and O–H groups in total. The average molecular weight is 446 g/mol. The molecule has 6 nitrogen and oxygen atoms in total. The number of hydrogen-bond acceptors (Lipinski definition) is 4. The van der Waals surface area contributed by atoms with Gasteiger partial charge in [0, 0.05) is 29.2 Å². The van der Waals surface area contributed by atoms with Gasteiger partial charge in [0.1, 0.15) is 11.8 Å². The van der Waals surface area contributed by atoms with Gasteiger partial charge in [-0.2, -0.15) is 5.26 Å². The molecule has 0 aliphatic heterocycles. The first-order valence-corrected chi connectivity index (χ1v) is 11.3. The second-order valence-electron chi connectivity index (χ2n) is 8.18. The van der Waals surface area contributed by atoms with Gasteiger partial charge in [-0.1, -0.05) is 36.4 Å². The van der Waals surface area contributed by atoms with Crippen molar-refractivity contribution in [3.8, 4) is 17.2 Å². The number of carbonyl (C=O) groups is 1. The maximum absolute atomic E-state index is 13.8. The minimum atomic E-state index is -0.320. The highest BCUT2D eigenvalue weighted by molar-refractivity contribution is 6.10. The van der Waals surface area contributed by atoms with Crippen LogP contribution in [0.15, 0.2) is 85.3 Å². The standard InChI is InChI=1S/C28H23N5O/c29-17-23-19-31-27(32-23)28(34)33(24-11-5-2-6-12-24)26-14-13-21(22-10-7-15-30-18-22)16-25(26)20-8-3-1-4-9-20/h2,5-8,10-16,18-19H,1,3-4,9H2,(H,31,32). The molecule has 2 aromatic carbocycles. The molecule has 0 radical (unpaired) electrons. The Labute approximate surface area is 198 Å². The van der Waals surface area contributed by atoms with Crippen LogP contribution in [0.1, 0.15) is 47.6 Å². The first-order chi connectivity index (χ1) is 16.7. The Kier molecular flexibility index (Phi) is 6.00. The molecule has 4 aromatic rings. The van der Waals surface area contributed by atoms with Crippen molar-refractivity contribution in [3.05, 3.63) is 102 Å². The minimum absolute atomic E-state index is 0.125. The van der Waals surface area contributed by atoms with E-state index in [4.69, 9.17) is 0 Å². The van der Waals surface area contributed by atoms with E-state index in [2.05, 4.69) is 27.1 Å². The molecule has 0 spiro atoms. The SMILES string of the molecule is N#Cc1cnc(C(=O)N(c2ccccc2)c2ccc(-c3cccnc3)cc2C2=CCCCC2)[nH]1. The Balaban J connectivity index is 1.69. The van der Waals surface area contributed by atoms with Crippen molar-refractivity contribution in [1.82, 2.24) is 15.0 Å². The Morgan fingerprint density at radius 2 is 1.88 bits per heavy atom. The number of aromatic amines is 1. The van der Waals surface area contributed by atoms with E-state index in [1.54, 1.807) is 11.1 Å². The molecular formula is C28H23N5O. The fraction of sp³-hybridized carbons (Fsp3) is 0.143. The van der Waals surface area contributed by atoms with Crippen LogP contribution in [0, 0.1) is 11.3 Å². The normalized spacial score (nSPS) is 13.1. The minimum Gasteiger partial charge on any atom is -0.326 e. The number of anilines is 2. The highest BCUT2D eigenvalue weighted by Crippen LogP contribution is 2.39. The number of aromatic nitrogens is 3. The fourth-order valence-corrected chi connectivity index (χ4v) is 4.32. The number of nitriles is 1. The van der Waals surface area contributed by atoms with Gasteiger partial charge in [0.05, 0.1) is 11.9 Å². The Morgan fingerprint density at radius 3 is 2.59 bits per heavy atom. The molecule has 166 valence electrons. The number of para-hydroxylation sites is 1. The number of rotatable bonds is 5. The molecule has 0 fully saturated rings. The third-order valence-corrected chi connectivity index (χ3v) is 5.99. The summed E-state index contributed by atoms with van der Waals surface area (Å²) in [4.78, 5) is 26.7. The third-order valence-electron chi connectivity index (χ3n) is 5.99. The average Bonchev–Trinajstić information content (AvgIpc) is 3.40. The van der Waals surface area contributed by atoms with Crippen molar-refractivity contribution in [2.75, 3.05) is 4.90 Å². The van der Waals surface area contributed by atoms with Crippen molar-refractivity contribution in [2.45, 2.75) is 25.7 Å². The summed E-state index contributed by atoms with van der Waals surface area (Å²) in [6.07, 6.45) is 11.5. The number of amides is 1. The van der Waals surface area contributed by atoms with Gasteiger partial charge in [0.25, 0.3) is 5.91 Å². The molecule has 1 aliphatic rings. The molecule has 5 rings (SSSR count). The molecule has 0 unspecified atom stereocenters. The van der Waals surface area contributed by atoms with E-state index in [0.29, 0.717) is 0 Å². The number of nitrogens with one attached hydrogen (secondary N) is 1. The Hall–Kier alpha value is -4.50. The summed E-state index contributed by atoms with van der Waals surface area (Å²) in [6, 6.07) is 21.7. The van der Waals surface area contributed by atoms with Crippen molar-refractivity contribution in [1.29, 1.82) is 5.26 Å². The van der Waals surface area contributed by atoms with Crippen LogP contribution in [0.25, 0.3) is 16.7 Å². The summed E-state index contributed by atoms with van der Waals surface area (Å²) in [5.41, 5.74) is 6.08. The molecule has 2 heterocycles. The number of imidazole rings is 1. The lowest BCUT2D eigenvalue weighted by atomic mass is 9.90. The first-order valence-electron chi connectivity index (χ1n) is 11.3. The molecule has 6 heteroatoms. The fourth-order valence-electron chi connectivity index (χ4n) is 4.32. The molecule has 1 aliphatic carbocycles. The number of nitrogens with zero attached hydrogens (tertiary/aromatic N) is 4. The van der Waals surface area contributed by atoms with Crippen LogP contribution in [0.5, 0.6) is 0 Å². The lowest BCUT2D eigenvalue weighted by molar-refractivity contribution is 0.0990. The summed E-state index contributed by atoms with van der Waals surface area (Å²) < 4.78 is 0. The maximum atomic E-state index is 13.8. The van der Waals surface area contributed by atoms with Crippen LogP contribution < -0.4 is 4.90 Å². The van der Waals surface area contributed by atoms with Crippen molar-refractivity contribution < 1.29 is 4.79 Å². The Bertz CT molecular complexity index is 1380. The number of pyridine rings is 1. The molecule has 34 heavy (non-hydrogen) atoms. The van der Waals surface area contributed by atoms with E-state index in [0.717, 1.165) is 47.3 Å².